The summed E-state index contributed by atoms with van der Waals surface area (Å²) in [5.74, 6) is -1.33. The van der Waals surface area contributed by atoms with Crippen molar-refractivity contribution in [2.45, 2.75) is 19.4 Å². The molecule has 0 spiro atoms. The van der Waals surface area contributed by atoms with Crippen LogP contribution >= 0.6 is 0 Å². The number of carboxylic acids is 1. The summed E-state index contributed by atoms with van der Waals surface area (Å²) in [4.78, 5) is 35.3. The number of amides is 2. The minimum atomic E-state index is -1.02. The first-order chi connectivity index (χ1) is 16.9. The minimum absolute atomic E-state index is 0.0000712. The molecule has 7 heteroatoms. The minimum Gasteiger partial charge on any atom is -0.478 e. The van der Waals surface area contributed by atoms with Crippen LogP contribution in [0.1, 0.15) is 39.9 Å². The number of aliphatic carboxylic acids is 1. The highest BCUT2D eigenvalue weighted by Gasteiger charge is 2.28. The molecule has 0 saturated heterocycles. The maximum absolute atomic E-state index is 12.3. The highest BCUT2D eigenvalue weighted by atomic mass is 16.5. The van der Waals surface area contributed by atoms with Gasteiger partial charge >= 0.3 is 12.1 Å². The van der Waals surface area contributed by atoms with E-state index in [1.165, 1.54) is 24.1 Å². The van der Waals surface area contributed by atoms with Crippen molar-refractivity contribution in [2.75, 3.05) is 13.2 Å². The van der Waals surface area contributed by atoms with E-state index in [9.17, 15) is 14.4 Å². The average Bonchev–Trinajstić information content (AvgIpc) is 3.20. The molecule has 0 aromatic heterocycles. The van der Waals surface area contributed by atoms with E-state index in [1.54, 1.807) is 24.3 Å². The summed E-state index contributed by atoms with van der Waals surface area (Å²) in [6.07, 6.45) is 0.932. The largest absolute Gasteiger partial charge is 0.478 e. The number of carbonyl (C=O) groups excluding carboxylic acids is 2. The van der Waals surface area contributed by atoms with Gasteiger partial charge in [0.2, 0.25) is 0 Å². The van der Waals surface area contributed by atoms with Gasteiger partial charge in [0.05, 0.1) is 0 Å². The van der Waals surface area contributed by atoms with Crippen LogP contribution in [0, 0.1) is 0 Å². The molecule has 0 aliphatic heterocycles. The highest BCUT2D eigenvalue weighted by molar-refractivity contribution is 5.94. The Bertz CT molecular complexity index is 1240. The average molecular weight is 471 g/mol. The van der Waals surface area contributed by atoms with Gasteiger partial charge in [0.25, 0.3) is 5.91 Å². The normalized spacial score (nSPS) is 12.4. The zero-order valence-electron chi connectivity index (χ0n) is 19.3. The van der Waals surface area contributed by atoms with E-state index in [-0.39, 0.29) is 37.1 Å². The summed E-state index contributed by atoms with van der Waals surface area (Å²) in [7, 11) is 0. The van der Waals surface area contributed by atoms with Gasteiger partial charge in [-0.1, -0.05) is 66.7 Å². The molecule has 4 rings (SSSR count). The van der Waals surface area contributed by atoms with Crippen molar-refractivity contribution < 1.29 is 24.2 Å². The van der Waals surface area contributed by atoms with Gasteiger partial charge in [-0.05, 0) is 46.9 Å². The second kappa shape index (κ2) is 10.7. The summed E-state index contributed by atoms with van der Waals surface area (Å²) in [6.45, 7) is 2.10. The Morgan fingerprint density at radius 3 is 2.09 bits per heavy atom. The molecule has 35 heavy (non-hydrogen) atoms. The second-order valence-corrected chi connectivity index (χ2v) is 8.28. The van der Waals surface area contributed by atoms with Crippen molar-refractivity contribution in [3.05, 3.63) is 107 Å². The molecule has 3 N–H and O–H groups in total. The fraction of sp³-hybridized carbons (Fsp3) is 0.179. The molecule has 3 aromatic carbocycles. The first kappa shape index (κ1) is 23.8. The van der Waals surface area contributed by atoms with E-state index in [4.69, 9.17) is 9.84 Å². The number of carbonyl (C=O) groups is 3. The zero-order valence-corrected chi connectivity index (χ0v) is 19.3. The molecule has 0 atom stereocenters. The third-order valence-electron chi connectivity index (χ3n) is 6.00. The van der Waals surface area contributed by atoms with Crippen LogP contribution in [0.5, 0.6) is 0 Å². The fourth-order valence-electron chi connectivity index (χ4n) is 4.08. The molecule has 178 valence electrons. The van der Waals surface area contributed by atoms with Gasteiger partial charge in [-0.3, -0.25) is 4.79 Å². The van der Waals surface area contributed by atoms with Crippen molar-refractivity contribution in [2.24, 2.45) is 0 Å². The van der Waals surface area contributed by atoms with Crippen LogP contribution in [0.3, 0.4) is 0 Å². The van der Waals surface area contributed by atoms with Crippen LogP contribution in [-0.2, 0) is 16.1 Å². The molecule has 0 radical (unpaired) electrons. The Hall–Kier alpha value is -4.39. The zero-order chi connectivity index (χ0) is 24.8. The number of benzene rings is 3. The van der Waals surface area contributed by atoms with E-state index < -0.39 is 12.1 Å². The van der Waals surface area contributed by atoms with E-state index >= 15 is 0 Å². The van der Waals surface area contributed by atoms with Crippen LogP contribution in [-0.4, -0.2) is 36.2 Å². The number of fused-ring (bicyclic) bond motifs is 3. The van der Waals surface area contributed by atoms with Crippen LogP contribution in [0.15, 0.2) is 84.4 Å². The summed E-state index contributed by atoms with van der Waals surface area (Å²) in [6, 6.07) is 23.1. The number of nitrogens with one attached hydrogen (secondary N) is 2. The summed E-state index contributed by atoms with van der Waals surface area (Å²) in [5.41, 5.74) is 6.09. The third kappa shape index (κ3) is 5.58. The van der Waals surface area contributed by atoms with E-state index in [0.29, 0.717) is 5.56 Å². The van der Waals surface area contributed by atoms with E-state index in [2.05, 4.69) is 34.9 Å². The van der Waals surface area contributed by atoms with Gasteiger partial charge < -0.3 is 20.5 Å². The fourth-order valence-corrected chi connectivity index (χ4v) is 4.08. The van der Waals surface area contributed by atoms with Gasteiger partial charge in [-0.2, -0.15) is 0 Å². The third-order valence-corrected chi connectivity index (χ3v) is 6.00. The second-order valence-electron chi connectivity index (χ2n) is 8.28. The molecular formula is C28H26N2O5. The van der Waals surface area contributed by atoms with Crippen molar-refractivity contribution >= 4 is 18.0 Å². The maximum atomic E-state index is 12.3. The summed E-state index contributed by atoms with van der Waals surface area (Å²) < 4.78 is 5.54. The molecule has 0 fully saturated rings. The molecule has 0 saturated carbocycles. The lowest BCUT2D eigenvalue weighted by Crippen LogP contribution is -2.26. The van der Waals surface area contributed by atoms with Crippen LogP contribution < -0.4 is 10.6 Å². The van der Waals surface area contributed by atoms with Crippen LogP contribution in [0.2, 0.25) is 0 Å². The topological polar surface area (TPSA) is 105 Å². The Labute approximate surface area is 203 Å². The quantitative estimate of drug-likeness (QED) is 0.421. The number of hydrogen-bond donors (Lipinski definition) is 3. The highest BCUT2D eigenvalue weighted by Crippen LogP contribution is 2.44. The van der Waals surface area contributed by atoms with Crippen LogP contribution in [0.25, 0.3) is 11.1 Å². The van der Waals surface area contributed by atoms with Crippen molar-refractivity contribution in [1.29, 1.82) is 0 Å². The number of hydrogen-bond acceptors (Lipinski definition) is 4. The maximum Gasteiger partial charge on any atom is 0.407 e. The first-order valence-corrected chi connectivity index (χ1v) is 11.3. The first-order valence-electron chi connectivity index (χ1n) is 11.3. The molecular weight excluding hydrogens is 444 g/mol. The van der Waals surface area contributed by atoms with Crippen LogP contribution in [0.4, 0.5) is 4.79 Å². The lowest BCUT2D eigenvalue weighted by Gasteiger charge is -2.14. The lowest BCUT2D eigenvalue weighted by atomic mass is 9.98. The lowest BCUT2D eigenvalue weighted by molar-refractivity contribution is -0.132. The van der Waals surface area contributed by atoms with Gasteiger partial charge in [0.1, 0.15) is 6.61 Å². The van der Waals surface area contributed by atoms with E-state index in [1.807, 2.05) is 24.3 Å². The Kier molecular flexibility index (Phi) is 7.26. The predicted octanol–water partition coefficient (Wildman–Crippen LogP) is 4.49. The van der Waals surface area contributed by atoms with Gasteiger partial charge in [-0.25, -0.2) is 9.59 Å². The van der Waals surface area contributed by atoms with Crippen molar-refractivity contribution in [1.82, 2.24) is 10.6 Å². The molecule has 0 heterocycles. The Balaban J connectivity index is 1.27. The predicted molar refractivity (Wildman–Crippen MR) is 132 cm³/mol. The molecule has 2 amide bonds. The smallest absolute Gasteiger partial charge is 0.407 e. The number of carboxylic acid groups (broad SMARTS) is 1. The number of rotatable bonds is 8. The van der Waals surface area contributed by atoms with Crippen molar-refractivity contribution in [3.63, 3.8) is 0 Å². The molecule has 1 aliphatic rings. The Morgan fingerprint density at radius 1 is 0.886 bits per heavy atom. The van der Waals surface area contributed by atoms with Gasteiger partial charge in [0, 0.05) is 30.1 Å². The monoisotopic (exact) mass is 470 g/mol. The summed E-state index contributed by atoms with van der Waals surface area (Å²) in [5, 5.41) is 14.2. The molecule has 1 aliphatic carbocycles. The summed E-state index contributed by atoms with van der Waals surface area (Å²) >= 11 is 0. The molecule has 0 unspecified atom stereocenters. The number of alkyl carbamates (subject to hydrolysis) is 1. The standard InChI is InChI=1S/C28H26N2O5/c1-18(27(32)33)14-15-29-26(31)20-12-10-19(11-13-20)16-30-28(34)35-17-25-23-8-4-2-6-21(23)22-7-3-5-9-24(22)25/h2-14,25H,15-17H2,1H3,(H,29,31)(H,30,34)(H,32,33)/b18-14+. The van der Waals surface area contributed by atoms with E-state index in [0.717, 1.165) is 16.7 Å². The number of ether oxygens (including phenoxy) is 1. The van der Waals surface area contributed by atoms with Crippen molar-refractivity contribution in [3.8, 4) is 11.1 Å². The van der Waals surface area contributed by atoms with Gasteiger partial charge in [0.15, 0.2) is 0 Å². The molecule has 3 aromatic rings. The Morgan fingerprint density at radius 2 is 1.49 bits per heavy atom. The SMILES string of the molecule is C/C(=C\CNC(=O)c1ccc(CNC(=O)OCC2c3ccccc3-c3ccccc32)cc1)C(=O)O. The van der Waals surface area contributed by atoms with Gasteiger partial charge in [-0.15, -0.1) is 0 Å². The molecule has 7 nitrogen and oxygen atoms in total. The molecule has 0 bridgehead atoms.